The van der Waals surface area contributed by atoms with Gasteiger partial charge in [-0.25, -0.2) is 4.98 Å². The maximum atomic E-state index is 10.2. The van der Waals surface area contributed by atoms with Crippen molar-refractivity contribution in [2.24, 2.45) is 0 Å². The minimum absolute atomic E-state index is 0.498. The summed E-state index contributed by atoms with van der Waals surface area (Å²) in [6.07, 6.45) is 1.18. The number of hydrogen-bond donors (Lipinski definition) is 1. The van der Waals surface area contributed by atoms with Gasteiger partial charge >= 0.3 is 0 Å². The summed E-state index contributed by atoms with van der Waals surface area (Å²) in [5.41, 5.74) is 3.05. The van der Waals surface area contributed by atoms with Crippen LogP contribution in [0.25, 0.3) is 11.0 Å². The molecule has 0 spiro atoms. The van der Waals surface area contributed by atoms with E-state index in [1.165, 1.54) is 0 Å². The quantitative estimate of drug-likeness (QED) is 0.818. The normalized spacial score (nSPS) is 12.8. The SMILES string of the molecule is C=C(C)Cn1c([C@H](O)CCC)nc2ccccc21. The second kappa shape index (κ2) is 5.36. The van der Waals surface area contributed by atoms with E-state index in [4.69, 9.17) is 0 Å². The van der Waals surface area contributed by atoms with Crippen LogP contribution in [0.3, 0.4) is 0 Å². The predicted molar refractivity (Wildman–Crippen MR) is 74.4 cm³/mol. The van der Waals surface area contributed by atoms with Crippen molar-refractivity contribution in [2.75, 3.05) is 0 Å². The maximum Gasteiger partial charge on any atom is 0.139 e. The van der Waals surface area contributed by atoms with Crippen LogP contribution in [0.5, 0.6) is 0 Å². The van der Waals surface area contributed by atoms with Crippen LogP contribution in [-0.2, 0) is 6.54 Å². The van der Waals surface area contributed by atoms with Gasteiger partial charge in [-0.1, -0.05) is 37.6 Å². The third-order valence-electron chi connectivity index (χ3n) is 2.97. The molecule has 0 bridgehead atoms. The minimum atomic E-state index is -0.498. The van der Waals surface area contributed by atoms with E-state index >= 15 is 0 Å². The zero-order chi connectivity index (χ0) is 13.1. The van der Waals surface area contributed by atoms with Crippen LogP contribution in [0.2, 0.25) is 0 Å². The van der Waals surface area contributed by atoms with Crippen molar-refractivity contribution in [3.05, 3.63) is 42.2 Å². The fourth-order valence-corrected chi connectivity index (χ4v) is 2.19. The summed E-state index contributed by atoms with van der Waals surface area (Å²) in [7, 11) is 0. The number of fused-ring (bicyclic) bond motifs is 1. The number of nitrogens with zero attached hydrogens (tertiary/aromatic N) is 2. The Labute approximate surface area is 108 Å². The van der Waals surface area contributed by atoms with Crippen LogP contribution in [-0.4, -0.2) is 14.7 Å². The number of aromatic nitrogens is 2. The standard InChI is InChI=1S/C15H20N2O/c1-4-7-14(18)15-16-12-8-5-6-9-13(12)17(15)10-11(2)3/h5-6,8-9,14,18H,2,4,7,10H2,1,3H3/t14-/m1/s1. The summed E-state index contributed by atoms with van der Waals surface area (Å²) >= 11 is 0. The topological polar surface area (TPSA) is 38.0 Å². The van der Waals surface area contributed by atoms with Crippen molar-refractivity contribution in [3.8, 4) is 0 Å². The monoisotopic (exact) mass is 244 g/mol. The molecule has 0 fully saturated rings. The highest BCUT2D eigenvalue weighted by Gasteiger charge is 2.17. The minimum Gasteiger partial charge on any atom is -0.385 e. The van der Waals surface area contributed by atoms with E-state index in [0.29, 0.717) is 6.54 Å². The van der Waals surface area contributed by atoms with E-state index < -0.39 is 6.10 Å². The Morgan fingerprint density at radius 2 is 2.17 bits per heavy atom. The lowest BCUT2D eigenvalue weighted by Crippen LogP contribution is -2.09. The highest BCUT2D eigenvalue weighted by atomic mass is 16.3. The third kappa shape index (κ3) is 2.46. The van der Waals surface area contributed by atoms with Crippen molar-refractivity contribution in [2.45, 2.75) is 39.3 Å². The lowest BCUT2D eigenvalue weighted by molar-refractivity contribution is 0.153. The molecule has 3 heteroatoms. The molecule has 1 atom stereocenters. The summed E-state index contributed by atoms with van der Waals surface area (Å²) in [6.45, 7) is 8.71. The van der Waals surface area contributed by atoms with E-state index in [0.717, 1.165) is 35.3 Å². The third-order valence-corrected chi connectivity index (χ3v) is 2.97. The fourth-order valence-electron chi connectivity index (χ4n) is 2.19. The molecular weight excluding hydrogens is 224 g/mol. The van der Waals surface area contributed by atoms with Gasteiger partial charge in [-0.2, -0.15) is 0 Å². The molecule has 0 aliphatic rings. The first-order chi connectivity index (χ1) is 8.63. The van der Waals surface area contributed by atoms with E-state index in [9.17, 15) is 5.11 Å². The van der Waals surface area contributed by atoms with Gasteiger partial charge in [-0.15, -0.1) is 0 Å². The van der Waals surface area contributed by atoms with Gasteiger partial charge < -0.3 is 9.67 Å². The van der Waals surface area contributed by atoms with Crippen LogP contribution in [0.1, 0.15) is 38.6 Å². The molecule has 0 saturated carbocycles. The van der Waals surface area contributed by atoms with Gasteiger partial charge in [0.2, 0.25) is 0 Å². The number of hydrogen-bond acceptors (Lipinski definition) is 2. The predicted octanol–water partition coefficient (Wildman–Crippen LogP) is 3.45. The largest absolute Gasteiger partial charge is 0.385 e. The van der Waals surface area contributed by atoms with Crippen LogP contribution in [0.15, 0.2) is 36.4 Å². The van der Waals surface area contributed by atoms with Gasteiger partial charge in [0.1, 0.15) is 11.9 Å². The maximum absolute atomic E-state index is 10.2. The first-order valence-electron chi connectivity index (χ1n) is 6.41. The van der Waals surface area contributed by atoms with E-state index in [1.807, 2.05) is 31.2 Å². The van der Waals surface area contributed by atoms with Gasteiger partial charge in [-0.05, 0) is 25.5 Å². The average molecular weight is 244 g/mol. The molecule has 0 amide bonds. The molecule has 0 unspecified atom stereocenters. The Morgan fingerprint density at radius 3 is 2.83 bits per heavy atom. The zero-order valence-corrected chi connectivity index (χ0v) is 11.1. The van der Waals surface area contributed by atoms with Crippen LogP contribution >= 0.6 is 0 Å². The molecule has 1 N–H and O–H groups in total. The molecule has 2 rings (SSSR count). The number of para-hydroxylation sites is 2. The molecule has 2 aromatic rings. The smallest absolute Gasteiger partial charge is 0.139 e. The summed E-state index contributed by atoms with van der Waals surface area (Å²) in [5.74, 6) is 0.751. The van der Waals surface area contributed by atoms with Crippen molar-refractivity contribution in [3.63, 3.8) is 0 Å². The fraction of sp³-hybridized carbons (Fsp3) is 0.400. The molecule has 0 aliphatic carbocycles. The Kier molecular flexibility index (Phi) is 3.82. The molecule has 0 saturated heterocycles. The molecule has 0 aliphatic heterocycles. The average Bonchev–Trinajstić information content (AvgIpc) is 2.68. The van der Waals surface area contributed by atoms with Gasteiger partial charge in [-0.3, -0.25) is 0 Å². The van der Waals surface area contributed by atoms with Crippen molar-refractivity contribution in [1.29, 1.82) is 0 Å². The molecule has 1 heterocycles. The van der Waals surface area contributed by atoms with Crippen molar-refractivity contribution >= 4 is 11.0 Å². The van der Waals surface area contributed by atoms with Gasteiger partial charge in [0.05, 0.1) is 11.0 Å². The summed E-state index contributed by atoms with van der Waals surface area (Å²) in [5, 5.41) is 10.2. The zero-order valence-electron chi connectivity index (χ0n) is 11.1. The number of aliphatic hydroxyl groups is 1. The van der Waals surface area contributed by atoms with E-state index in [-0.39, 0.29) is 0 Å². The second-order valence-corrected chi connectivity index (χ2v) is 4.81. The highest BCUT2D eigenvalue weighted by Crippen LogP contribution is 2.24. The van der Waals surface area contributed by atoms with Crippen LogP contribution in [0.4, 0.5) is 0 Å². The molecule has 96 valence electrons. The second-order valence-electron chi connectivity index (χ2n) is 4.81. The van der Waals surface area contributed by atoms with E-state index in [2.05, 4.69) is 23.1 Å². The molecule has 0 radical (unpaired) electrons. The van der Waals surface area contributed by atoms with Gasteiger partial charge in [0.25, 0.3) is 0 Å². The summed E-state index contributed by atoms with van der Waals surface area (Å²) < 4.78 is 2.07. The summed E-state index contributed by atoms with van der Waals surface area (Å²) in [4.78, 5) is 4.56. The number of allylic oxidation sites excluding steroid dienone is 1. The van der Waals surface area contributed by atoms with Crippen molar-refractivity contribution < 1.29 is 5.11 Å². The van der Waals surface area contributed by atoms with Gasteiger partial charge in [0, 0.05) is 6.54 Å². The Balaban J connectivity index is 2.52. The molecule has 18 heavy (non-hydrogen) atoms. The first kappa shape index (κ1) is 12.8. The van der Waals surface area contributed by atoms with E-state index in [1.54, 1.807) is 0 Å². The Morgan fingerprint density at radius 1 is 1.44 bits per heavy atom. The highest BCUT2D eigenvalue weighted by molar-refractivity contribution is 5.76. The van der Waals surface area contributed by atoms with Crippen LogP contribution < -0.4 is 0 Å². The Hall–Kier alpha value is -1.61. The molecule has 1 aromatic heterocycles. The molecule has 3 nitrogen and oxygen atoms in total. The first-order valence-corrected chi connectivity index (χ1v) is 6.41. The van der Waals surface area contributed by atoms with Crippen LogP contribution in [0, 0.1) is 0 Å². The number of aliphatic hydroxyl groups excluding tert-OH is 1. The van der Waals surface area contributed by atoms with Gasteiger partial charge in [0.15, 0.2) is 0 Å². The number of benzene rings is 1. The summed E-state index contributed by atoms with van der Waals surface area (Å²) in [6, 6.07) is 7.98. The van der Waals surface area contributed by atoms with Crippen molar-refractivity contribution in [1.82, 2.24) is 9.55 Å². The lowest BCUT2D eigenvalue weighted by atomic mass is 10.2. The number of imidazole rings is 1. The number of rotatable bonds is 5. The molecule has 1 aromatic carbocycles. The Bertz CT molecular complexity index is 557. The lowest BCUT2D eigenvalue weighted by Gasteiger charge is -2.13. The molecular formula is C15H20N2O.